The molecular formula is C27H22O7. The van der Waals surface area contributed by atoms with E-state index in [0.717, 1.165) is 5.56 Å². The van der Waals surface area contributed by atoms with Crippen molar-refractivity contribution in [1.82, 2.24) is 0 Å². The fourth-order valence-corrected chi connectivity index (χ4v) is 4.52. The predicted octanol–water partition coefficient (Wildman–Crippen LogP) is 5.23. The summed E-state index contributed by atoms with van der Waals surface area (Å²) in [7, 11) is 0. The van der Waals surface area contributed by atoms with E-state index in [4.69, 9.17) is 18.9 Å². The lowest BCUT2D eigenvalue weighted by molar-refractivity contribution is -0.132. The van der Waals surface area contributed by atoms with E-state index in [1.807, 2.05) is 18.2 Å². The monoisotopic (exact) mass is 458 g/mol. The highest BCUT2D eigenvalue weighted by atomic mass is 16.6. The van der Waals surface area contributed by atoms with Gasteiger partial charge in [-0.1, -0.05) is 26.0 Å². The van der Waals surface area contributed by atoms with Crippen molar-refractivity contribution < 1.29 is 33.3 Å². The lowest BCUT2D eigenvalue weighted by atomic mass is 9.77. The molecule has 3 aromatic carbocycles. The van der Waals surface area contributed by atoms with Crippen LogP contribution in [0.15, 0.2) is 54.6 Å². The van der Waals surface area contributed by atoms with Crippen LogP contribution >= 0.6 is 0 Å². The molecule has 0 atom stereocenters. The number of esters is 3. The van der Waals surface area contributed by atoms with Crippen LogP contribution in [0.25, 0.3) is 0 Å². The molecule has 2 heterocycles. The highest BCUT2D eigenvalue weighted by Crippen LogP contribution is 2.57. The van der Waals surface area contributed by atoms with Crippen LogP contribution in [0.2, 0.25) is 0 Å². The maximum atomic E-state index is 13.2. The summed E-state index contributed by atoms with van der Waals surface area (Å²) in [5.41, 5.74) is 2.12. The van der Waals surface area contributed by atoms with E-state index in [-0.39, 0.29) is 5.92 Å². The molecule has 2 aliphatic heterocycles. The molecule has 5 rings (SSSR count). The van der Waals surface area contributed by atoms with Crippen molar-refractivity contribution in [1.29, 1.82) is 0 Å². The fourth-order valence-electron chi connectivity index (χ4n) is 4.52. The van der Waals surface area contributed by atoms with Gasteiger partial charge in [-0.2, -0.15) is 0 Å². The zero-order valence-corrected chi connectivity index (χ0v) is 19.1. The average molecular weight is 458 g/mol. The maximum absolute atomic E-state index is 13.2. The minimum atomic E-state index is -1.27. The third-order valence-electron chi connectivity index (χ3n) is 5.96. The van der Waals surface area contributed by atoms with Gasteiger partial charge >= 0.3 is 17.9 Å². The van der Waals surface area contributed by atoms with E-state index in [1.54, 1.807) is 36.4 Å². The van der Waals surface area contributed by atoms with Crippen LogP contribution in [0.4, 0.5) is 0 Å². The van der Waals surface area contributed by atoms with Gasteiger partial charge in [-0.3, -0.25) is 9.59 Å². The van der Waals surface area contributed by atoms with Crippen molar-refractivity contribution in [2.24, 2.45) is 0 Å². The van der Waals surface area contributed by atoms with Crippen LogP contribution in [0.3, 0.4) is 0 Å². The van der Waals surface area contributed by atoms with Gasteiger partial charge in [0, 0.05) is 42.7 Å². The molecule has 2 aliphatic rings. The van der Waals surface area contributed by atoms with Gasteiger partial charge in [-0.05, 0) is 41.8 Å². The third kappa shape index (κ3) is 3.32. The zero-order chi connectivity index (χ0) is 24.2. The fraction of sp³-hybridized carbons (Fsp3) is 0.222. The number of carbonyl (C=O) groups is 3. The Morgan fingerprint density at radius 3 is 1.82 bits per heavy atom. The maximum Gasteiger partial charge on any atom is 0.340 e. The minimum Gasteiger partial charge on any atom is -0.456 e. The molecule has 0 fully saturated rings. The van der Waals surface area contributed by atoms with Gasteiger partial charge in [0.05, 0.1) is 5.56 Å². The molecule has 0 radical (unpaired) electrons. The van der Waals surface area contributed by atoms with Crippen molar-refractivity contribution in [3.8, 4) is 23.0 Å². The van der Waals surface area contributed by atoms with Crippen molar-refractivity contribution in [3.63, 3.8) is 0 Å². The molecule has 0 saturated heterocycles. The number of ether oxygens (including phenoxy) is 4. The number of hydrogen-bond acceptors (Lipinski definition) is 7. The molecule has 0 aliphatic carbocycles. The summed E-state index contributed by atoms with van der Waals surface area (Å²) in [6.45, 7) is 6.74. The van der Waals surface area contributed by atoms with Crippen LogP contribution < -0.4 is 14.2 Å². The second kappa shape index (κ2) is 7.73. The second-order valence-electron chi connectivity index (χ2n) is 8.64. The molecule has 1 spiro atoms. The molecule has 0 amide bonds. The Hall–Kier alpha value is -4.13. The molecule has 0 bridgehead atoms. The summed E-state index contributed by atoms with van der Waals surface area (Å²) < 4.78 is 22.8. The standard InChI is InChI=1S/C27H22O7/c1-14(2)17-5-8-21-20(11-17)26(30)34-27(21)22-9-6-18(31-15(3)28)12-24(22)33-25-13-19(32-16(4)29)7-10-23(25)27/h5-14H,1-4H3. The van der Waals surface area contributed by atoms with Crippen molar-refractivity contribution >= 4 is 17.9 Å². The smallest absolute Gasteiger partial charge is 0.340 e. The molecule has 7 nitrogen and oxygen atoms in total. The summed E-state index contributed by atoms with van der Waals surface area (Å²) in [5.74, 6) is 0.163. The summed E-state index contributed by atoms with van der Waals surface area (Å²) in [6.07, 6.45) is 0. The first-order valence-corrected chi connectivity index (χ1v) is 10.9. The lowest BCUT2D eigenvalue weighted by Crippen LogP contribution is -2.33. The number of rotatable bonds is 3. The van der Waals surface area contributed by atoms with Crippen molar-refractivity contribution in [3.05, 3.63) is 82.4 Å². The Labute approximate surface area is 196 Å². The van der Waals surface area contributed by atoms with E-state index in [9.17, 15) is 14.4 Å². The van der Waals surface area contributed by atoms with Gasteiger partial charge in [0.2, 0.25) is 0 Å². The Morgan fingerprint density at radius 2 is 1.32 bits per heavy atom. The zero-order valence-electron chi connectivity index (χ0n) is 19.1. The summed E-state index contributed by atoms with van der Waals surface area (Å²) in [6, 6.07) is 15.7. The lowest BCUT2D eigenvalue weighted by Gasteiger charge is -2.36. The van der Waals surface area contributed by atoms with Gasteiger partial charge < -0.3 is 18.9 Å². The Kier molecular flexibility index (Phi) is 4.93. The molecule has 34 heavy (non-hydrogen) atoms. The first-order valence-electron chi connectivity index (χ1n) is 10.9. The van der Waals surface area contributed by atoms with Crippen molar-refractivity contribution in [2.75, 3.05) is 0 Å². The van der Waals surface area contributed by atoms with Crippen LogP contribution in [-0.2, 0) is 19.9 Å². The number of benzene rings is 3. The SMILES string of the molecule is CC(=O)Oc1ccc2c(c1)Oc1cc(OC(C)=O)ccc1C21OC(=O)c2cc(C(C)C)ccc21. The first-order chi connectivity index (χ1) is 16.2. The Morgan fingerprint density at radius 1 is 0.794 bits per heavy atom. The number of hydrogen-bond donors (Lipinski definition) is 0. The molecule has 0 saturated carbocycles. The molecule has 3 aromatic rings. The van der Waals surface area contributed by atoms with E-state index in [1.165, 1.54) is 13.8 Å². The van der Waals surface area contributed by atoms with Gasteiger partial charge in [0.25, 0.3) is 0 Å². The van der Waals surface area contributed by atoms with Gasteiger partial charge in [0.15, 0.2) is 5.60 Å². The molecule has 172 valence electrons. The van der Waals surface area contributed by atoms with Crippen LogP contribution in [0.1, 0.15) is 66.2 Å². The van der Waals surface area contributed by atoms with Gasteiger partial charge in [-0.25, -0.2) is 4.79 Å². The topological polar surface area (TPSA) is 88.1 Å². The molecule has 0 aromatic heterocycles. The largest absolute Gasteiger partial charge is 0.456 e. The van der Waals surface area contributed by atoms with Crippen molar-refractivity contribution in [2.45, 2.75) is 39.2 Å². The van der Waals surface area contributed by atoms with Gasteiger partial charge in [-0.15, -0.1) is 0 Å². The van der Waals surface area contributed by atoms with Crippen LogP contribution in [0.5, 0.6) is 23.0 Å². The predicted molar refractivity (Wildman–Crippen MR) is 121 cm³/mol. The molecular weight excluding hydrogens is 436 g/mol. The van der Waals surface area contributed by atoms with E-state index >= 15 is 0 Å². The number of carbonyl (C=O) groups excluding carboxylic acids is 3. The van der Waals surface area contributed by atoms with E-state index in [2.05, 4.69) is 13.8 Å². The second-order valence-corrected chi connectivity index (χ2v) is 8.64. The summed E-state index contributed by atoms with van der Waals surface area (Å²) >= 11 is 0. The normalized spacial score (nSPS) is 14.6. The van der Waals surface area contributed by atoms with Crippen LogP contribution in [0, 0.1) is 0 Å². The average Bonchev–Trinajstić information content (AvgIpc) is 3.05. The van der Waals surface area contributed by atoms with E-state index in [0.29, 0.717) is 45.3 Å². The molecule has 0 N–H and O–H groups in total. The quantitative estimate of drug-likeness (QED) is 0.392. The number of fused-ring (bicyclic) bond motifs is 6. The highest BCUT2D eigenvalue weighted by Gasteiger charge is 2.53. The highest BCUT2D eigenvalue weighted by molar-refractivity contribution is 5.97. The molecule has 0 unspecified atom stereocenters. The summed E-state index contributed by atoms with van der Waals surface area (Å²) in [5, 5.41) is 0. The minimum absolute atomic E-state index is 0.237. The Bertz CT molecular complexity index is 1300. The Balaban J connectivity index is 1.76. The summed E-state index contributed by atoms with van der Waals surface area (Å²) in [4.78, 5) is 36.1. The van der Waals surface area contributed by atoms with Gasteiger partial charge in [0.1, 0.15) is 23.0 Å². The third-order valence-corrected chi connectivity index (χ3v) is 5.96. The van der Waals surface area contributed by atoms with E-state index < -0.39 is 23.5 Å². The van der Waals surface area contributed by atoms with Crippen LogP contribution in [-0.4, -0.2) is 17.9 Å². The first kappa shape index (κ1) is 21.7. The molecule has 7 heteroatoms.